The second-order valence-corrected chi connectivity index (χ2v) is 12.8. The van der Waals surface area contributed by atoms with E-state index < -0.39 is 44.8 Å². The summed E-state index contributed by atoms with van der Waals surface area (Å²) in [7, 11) is -3.65. The van der Waals surface area contributed by atoms with Gasteiger partial charge in [0.1, 0.15) is 11.6 Å². The van der Waals surface area contributed by atoms with E-state index in [1.165, 1.54) is 17.0 Å². The monoisotopic (exact) mass is 657 g/mol. The molecular formula is C31H39Cl2F2N3O4S. The minimum Gasteiger partial charge on any atom is -0.390 e. The summed E-state index contributed by atoms with van der Waals surface area (Å²) in [5, 5.41) is 13.6. The predicted octanol–water partition coefficient (Wildman–Crippen LogP) is 4.47. The number of hydrogen-bond donors (Lipinski definition) is 3. The second kappa shape index (κ2) is 16.5. The van der Waals surface area contributed by atoms with Crippen molar-refractivity contribution in [2.45, 2.75) is 61.4 Å². The fraction of sp³-hybridized carbons (Fsp3) is 0.387. The number of nitrogens with two attached hydrogens (primary N) is 1. The zero-order chi connectivity index (χ0) is 29.6. The molecule has 43 heavy (non-hydrogen) atoms. The molecule has 3 atom stereocenters. The van der Waals surface area contributed by atoms with E-state index in [1.807, 2.05) is 31.2 Å². The highest BCUT2D eigenvalue weighted by atomic mass is 35.5. The van der Waals surface area contributed by atoms with Crippen LogP contribution >= 0.6 is 24.8 Å². The Morgan fingerprint density at radius 1 is 1.02 bits per heavy atom. The SMILES string of the molecule is CCc1cccc(CN(C[C@@H](O)[C@@H](N)Cc2cc(F)cc(F)c2)C(=O)c2cccc(S(=O)(=O)C3CCCNC3)c2)c1.Cl.Cl. The molecule has 1 unspecified atom stereocenters. The average Bonchev–Trinajstić information content (AvgIpc) is 2.96. The fourth-order valence-electron chi connectivity index (χ4n) is 5.15. The molecule has 3 aromatic carbocycles. The van der Waals surface area contributed by atoms with Gasteiger partial charge in [0.2, 0.25) is 0 Å². The van der Waals surface area contributed by atoms with E-state index in [-0.39, 0.29) is 60.3 Å². The molecule has 4 N–H and O–H groups in total. The Morgan fingerprint density at radius 2 is 1.70 bits per heavy atom. The lowest BCUT2D eigenvalue weighted by Gasteiger charge is -2.29. The molecule has 0 bridgehead atoms. The summed E-state index contributed by atoms with van der Waals surface area (Å²) >= 11 is 0. The van der Waals surface area contributed by atoms with Gasteiger partial charge in [0.25, 0.3) is 5.91 Å². The van der Waals surface area contributed by atoms with E-state index in [9.17, 15) is 27.1 Å². The van der Waals surface area contributed by atoms with Crippen LogP contribution in [0.15, 0.2) is 71.6 Å². The maximum absolute atomic E-state index is 13.8. The molecule has 0 saturated carbocycles. The summed E-state index contributed by atoms with van der Waals surface area (Å²) in [4.78, 5) is 15.3. The number of aryl methyl sites for hydroxylation is 1. The molecule has 1 saturated heterocycles. The number of benzene rings is 3. The lowest BCUT2D eigenvalue weighted by atomic mass is 10.0. The molecule has 3 aromatic rings. The molecule has 4 rings (SSSR count). The first-order valence-electron chi connectivity index (χ1n) is 13.9. The Balaban J connectivity index is 0.00000323. The third-order valence-corrected chi connectivity index (χ3v) is 9.65. The number of aliphatic hydroxyl groups excluding tert-OH is 1. The lowest BCUT2D eigenvalue weighted by molar-refractivity contribution is 0.0554. The minimum atomic E-state index is -3.65. The van der Waals surface area contributed by atoms with Gasteiger partial charge in [0.15, 0.2) is 9.84 Å². The van der Waals surface area contributed by atoms with Gasteiger partial charge in [0.05, 0.1) is 16.2 Å². The normalized spacial score (nSPS) is 16.3. The molecule has 1 heterocycles. The molecule has 1 aliphatic rings. The molecule has 0 spiro atoms. The standard InChI is InChI=1S/C31H37F2N3O4S.2ClH/c1-2-21-6-3-7-22(12-21)19-36(20-30(37)29(34)15-23-13-25(32)17-26(33)14-23)31(38)24-8-4-9-27(16-24)41(39,40)28-10-5-11-35-18-28;;/h3-4,6-9,12-14,16-17,28-30,35,37H,2,5,10-11,15,18-20,34H2,1H3;2*1H/t28?,29-,30+;;/m0../s1. The fourth-order valence-corrected chi connectivity index (χ4v) is 6.91. The molecule has 0 aromatic heterocycles. The molecule has 1 aliphatic heterocycles. The van der Waals surface area contributed by atoms with E-state index in [0.717, 1.165) is 48.7 Å². The van der Waals surface area contributed by atoms with Crippen molar-refractivity contribution < 1.29 is 27.1 Å². The third-order valence-electron chi connectivity index (χ3n) is 7.46. The van der Waals surface area contributed by atoms with Crippen LogP contribution in [0, 0.1) is 11.6 Å². The molecule has 7 nitrogen and oxygen atoms in total. The average molecular weight is 659 g/mol. The maximum atomic E-state index is 13.8. The van der Waals surface area contributed by atoms with Crippen LogP contribution in [0.2, 0.25) is 0 Å². The molecule has 0 aliphatic carbocycles. The van der Waals surface area contributed by atoms with Crippen molar-refractivity contribution in [1.29, 1.82) is 0 Å². The van der Waals surface area contributed by atoms with Crippen LogP contribution in [0.1, 0.15) is 46.8 Å². The summed E-state index contributed by atoms with van der Waals surface area (Å²) in [5.74, 6) is -1.95. The maximum Gasteiger partial charge on any atom is 0.254 e. The first kappa shape index (κ1) is 36.6. The Hall–Kier alpha value is -2.60. The number of nitrogens with one attached hydrogen (secondary N) is 1. The van der Waals surface area contributed by atoms with Crippen LogP contribution in [0.25, 0.3) is 0 Å². The molecular weight excluding hydrogens is 619 g/mol. The van der Waals surface area contributed by atoms with Crippen molar-refractivity contribution in [1.82, 2.24) is 10.2 Å². The predicted molar refractivity (Wildman–Crippen MR) is 169 cm³/mol. The summed E-state index contributed by atoms with van der Waals surface area (Å²) < 4.78 is 54.0. The highest BCUT2D eigenvalue weighted by Gasteiger charge is 2.30. The van der Waals surface area contributed by atoms with Gasteiger partial charge >= 0.3 is 0 Å². The quantitative estimate of drug-likeness (QED) is 0.281. The Bertz CT molecular complexity index is 1450. The number of hydrogen-bond acceptors (Lipinski definition) is 6. The highest BCUT2D eigenvalue weighted by Crippen LogP contribution is 2.23. The molecule has 236 valence electrons. The van der Waals surface area contributed by atoms with Crippen LogP contribution in [-0.4, -0.2) is 61.4 Å². The van der Waals surface area contributed by atoms with E-state index in [4.69, 9.17) is 5.73 Å². The van der Waals surface area contributed by atoms with Crippen molar-refractivity contribution >= 4 is 40.6 Å². The third kappa shape index (κ3) is 9.69. The number of nitrogens with zero attached hydrogens (tertiary/aromatic N) is 1. The first-order chi connectivity index (χ1) is 19.6. The largest absolute Gasteiger partial charge is 0.390 e. The summed E-state index contributed by atoms with van der Waals surface area (Å²) in [6, 6.07) is 15.9. The number of piperidine rings is 1. The molecule has 12 heteroatoms. The van der Waals surface area contributed by atoms with Crippen molar-refractivity contribution in [3.63, 3.8) is 0 Å². The van der Waals surface area contributed by atoms with Crippen molar-refractivity contribution in [3.8, 4) is 0 Å². The molecule has 1 fully saturated rings. The van der Waals surface area contributed by atoms with Gasteiger partial charge in [-0.2, -0.15) is 0 Å². The Morgan fingerprint density at radius 3 is 2.35 bits per heavy atom. The van der Waals surface area contributed by atoms with Gasteiger partial charge in [-0.05, 0) is 79.3 Å². The van der Waals surface area contributed by atoms with Crippen LogP contribution in [0.4, 0.5) is 8.78 Å². The van der Waals surface area contributed by atoms with E-state index in [1.54, 1.807) is 12.1 Å². The minimum absolute atomic E-state index is 0. The van der Waals surface area contributed by atoms with Crippen molar-refractivity contribution in [3.05, 3.63) is 101 Å². The van der Waals surface area contributed by atoms with E-state index in [0.29, 0.717) is 13.0 Å². The Kier molecular flexibility index (Phi) is 14.0. The topological polar surface area (TPSA) is 113 Å². The zero-order valence-corrected chi connectivity index (χ0v) is 26.4. The summed E-state index contributed by atoms with van der Waals surface area (Å²) in [6.45, 7) is 3.14. The number of sulfone groups is 1. The van der Waals surface area contributed by atoms with Gasteiger partial charge in [-0.3, -0.25) is 4.79 Å². The van der Waals surface area contributed by atoms with E-state index in [2.05, 4.69) is 5.32 Å². The number of rotatable bonds is 11. The van der Waals surface area contributed by atoms with Crippen LogP contribution in [-0.2, 0) is 29.2 Å². The number of amides is 1. The highest BCUT2D eigenvalue weighted by molar-refractivity contribution is 7.92. The number of halogens is 4. The van der Waals surface area contributed by atoms with Crippen LogP contribution < -0.4 is 11.1 Å². The van der Waals surface area contributed by atoms with Gasteiger partial charge in [-0.25, -0.2) is 17.2 Å². The summed E-state index contributed by atoms with van der Waals surface area (Å²) in [6.07, 6.45) is 0.877. The summed E-state index contributed by atoms with van der Waals surface area (Å²) in [5.41, 5.74) is 8.60. The van der Waals surface area contributed by atoms with Gasteiger partial charge in [-0.1, -0.05) is 37.3 Å². The lowest BCUT2D eigenvalue weighted by Crippen LogP contribution is -2.46. The van der Waals surface area contributed by atoms with Gasteiger partial charge in [-0.15, -0.1) is 24.8 Å². The van der Waals surface area contributed by atoms with Crippen molar-refractivity contribution in [2.75, 3.05) is 19.6 Å². The smallest absolute Gasteiger partial charge is 0.254 e. The second-order valence-electron chi connectivity index (χ2n) is 10.6. The van der Waals surface area contributed by atoms with Crippen LogP contribution in [0.5, 0.6) is 0 Å². The van der Waals surface area contributed by atoms with Crippen LogP contribution in [0.3, 0.4) is 0 Å². The number of aliphatic hydroxyl groups is 1. The van der Waals surface area contributed by atoms with Gasteiger partial charge in [0, 0.05) is 37.3 Å². The van der Waals surface area contributed by atoms with Gasteiger partial charge < -0.3 is 21.1 Å². The van der Waals surface area contributed by atoms with E-state index >= 15 is 0 Å². The molecule has 1 amide bonds. The number of carbonyl (C=O) groups excluding carboxylic acids is 1. The first-order valence-corrected chi connectivity index (χ1v) is 15.4. The Labute approximate surface area is 264 Å². The molecule has 0 radical (unpaired) electrons. The number of carbonyl (C=O) groups is 1. The zero-order valence-electron chi connectivity index (χ0n) is 23.9. The van der Waals surface area contributed by atoms with Crippen molar-refractivity contribution in [2.24, 2.45) is 5.73 Å².